The number of allylic oxidation sites excluding steroid dienone is 36. The van der Waals surface area contributed by atoms with E-state index in [1.165, 1.54) is 25.7 Å². The van der Waals surface area contributed by atoms with Crippen molar-refractivity contribution < 1.29 is 37.6 Å². The van der Waals surface area contributed by atoms with Gasteiger partial charge in [-0.3, -0.25) is 18.6 Å². The van der Waals surface area contributed by atoms with Crippen molar-refractivity contribution in [3.63, 3.8) is 0 Å². The lowest BCUT2D eigenvalue weighted by molar-refractivity contribution is -0.161. The quantitative estimate of drug-likeness (QED) is 0.0264. The third-order valence-electron chi connectivity index (χ3n) is 12.9. The van der Waals surface area contributed by atoms with Crippen LogP contribution in [0.15, 0.2) is 219 Å². The minimum atomic E-state index is -4.42. The van der Waals surface area contributed by atoms with Gasteiger partial charge >= 0.3 is 19.8 Å². The molecule has 0 fully saturated rings. The molecule has 0 radical (unpaired) electrons. The number of unbranched alkanes of at least 4 members (excludes halogenated alkanes) is 10. The molecule has 0 spiro atoms. The van der Waals surface area contributed by atoms with Crippen molar-refractivity contribution in [2.75, 3.05) is 26.4 Å². The van der Waals surface area contributed by atoms with Crippen molar-refractivity contribution in [1.82, 2.24) is 0 Å². The zero-order valence-electron chi connectivity index (χ0n) is 54.1. The van der Waals surface area contributed by atoms with Gasteiger partial charge in [-0.1, -0.05) is 271 Å². The molecule has 0 rings (SSSR count). The zero-order chi connectivity index (χ0) is 63.0. The maximum atomic E-state index is 12.8. The number of ether oxygens (including phenoxy) is 2. The van der Waals surface area contributed by atoms with Crippen LogP contribution >= 0.6 is 7.82 Å². The SMILES string of the molecule is CC/C=C\C/C=C\C/C=C\C/C=C\C/C=C\C/C=C\C/C=C\C/C=C\C/C=C\C/C=C\CCCCCCCCCCC(=O)OC(COC(=O)CCCC/C=C\C/C=C\C/C=C\C/C=C\C/C=C\C/C=C\C/C=C\C/C=C\CC)COP(=O)(O)OCCN. The summed E-state index contributed by atoms with van der Waals surface area (Å²) in [6.45, 7) is 3.42. The highest BCUT2D eigenvalue weighted by Gasteiger charge is 2.26. The summed E-state index contributed by atoms with van der Waals surface area (Å²) in [5.41, 5.74) is 5.39. The van der Waals surface area contributed by atoms with Crippen LogP contribution in [0.4, 0.5) is 0 Å². The van der Waals surface area contributed by atoms with E-state index in [2.05, 4.69) is 233 Å². The van der Waals surface area contributed by atoms with Crippen LogP contribution in [0.25, 0.3) is 0 Å². The molecule has 0 amide bonds. The molecule has 0 saturated heterocycles. The van der Waals surface area contributed by atoms with Crippen LogP contribution in [0.5, 0.6) is 0 Å². The normalized spacial score (nSPS) is 14.4. The third-order valence-corrected chi connectivity index (χ3v) is 13.8. The van der Waals surface area contributed by atoms with Gasteiger partial charge in [0.2, 0.25) is 0 Å². The van der Waals surface area contributed by atoms with Gasteiger partial charge in [-0.25, -0.2) is 4.57 Å². The standard InChI is InChI=1S/C77H118NO8P/c1-3-5-7-9-11-13-15-17-19-21-23-25-27-29-31-32-33-34-35-36-37-38-39-40-41-42-44-46-48-50-52-54-56-58-60-62-64-66-68-70-77(80)86-75(74-85-87(81,82)84-72-71-78)73-83-76(79)69-67-65-63-61-59-57-55-53-51-49-47-45-43-30-28-26-24-22-20-18-16-14-12-10-8-6-4-2/h5-8,11-14,17-20,23-26,29-31,33-34,36-37,39-40,42-44,47-50,53,55,59,61,75H,3-4,9-10,15-16,21-22,27-28,32,35,38,41,45-46,51-52,54,56-58,60,62-74,78H2,1-2H3,(H,81,82)/b7-5-,8-6-,13-11-,14-12-,19-17-,20-18-,25-23-,26-24-,31-29-,34-33-,37-36-,40-39-,43-30-,44-42-,49-47-,50-48-,55-53-,61-59-. The highest BCUT2D eigenvalue weighted by Crippen LogP contribution is 2.43. The van der Waals surface area contributed by atoms with E-state index in [4.69, 9.17) is 24.3 Å². The molecule has 2 atom stereocenters. The maximum absolute atomic E-state index is 12.8. The highest BCUT2D eigenvalue weighted by atomic mass is 31.2. The van der Waals surface area contributed by atoms with Crippen molar-refractivity contribution in [2.24, 2.45) is 5.73 Å². The number of nitrogens with two attached hydrogens (primary N) is 1. The molecule has 0 aliphatic rings. The van der Waals surface area contributed by atoms with Gasteiger partial charge in [0.05, 0.1) is 13.2 Å². The van der Waals surface area contributed by atoms with Gasteiger partial charge in [-0.05, 0) is 154 Å². The fraction of sp³-hybridized carbons (Fsp3) is 0.506. The first-order chi connectivity index (χ1) is 42.8. The first-order valence-electron chi connectivity index (χ1n) is 33.2. The maximum Gasteiger partial charge on any atom is 0.472 e. The van der Waals surface area contributed by atoms with Crippen LogP contribution in [-0.2, 0) is 32.7 Å². The van der Waals surface area contributed by atoms with Gasteiger partial charge in [0.1, 0.15) is 6.61 Å². The van der Waals surface area contributed by atoms with Crippen molar-refractivity contribution in [1.29, 1.82) is 0 Å². The Labute approximate surface area is 531 Å². The van der Waals surface area contributed by atoms with Gasteiger partial charge in [0, 0.05) is 19.4 Å². The lowest BCUT2D eigenvalue weighted by Crippen LogP contribution is -2.29. The summed E-state index contributed by atoms with van der Waals surface area (Å²) < 4.78 is 33.1. The summed E-state index contributed by atoms with van der Waals surface area (Å²) >= 11 is 0. The largest absolute Gasteiger partial charge is 0.472 e. The summed E-state index contributed by atoms with van der Waals surface area (Å²) in [6, 6.07) is 0. The number of phosphoric ester groups is 1. The van der Waals surface area contributed by atoms with E-state index >= 15 is 0 Å². The number of phosphoric acid groups is 1. The second-order valence-corrected chi connectivity index (χ2v) is 22.3. The van der Waals surface area contributed by atoms with E-state index in [1.807, 2.05) is 0 Å². The predicted molar refractivity (Wildman–Crippen MR) is 375 cm³/mol. The summed E-state index contributed by atoms with van der Waals surface area (Å²) in [4.78, 5) is 35.3. The average molecular weight is 1220 g/mol. The Morgan fingerprint density at radius 1 is 0.345 bits per heavy atom. The minimum absolute atomic E-state index is 0.0332. The molecule has 9 nitrogen and oxygen atoms in total. The van der Waals surface area contributed by atoms with Crippen molar-refractivity contribution in [3.05, 3.63) is 219 Å². The van der Waals surface area contributed by atoms with E-state index in [9.17, 15) is 19.0 Å². The Balaban J connectivity index is 4.10. The topological polar surface area (TPSA) is 134 Å². The molecule has 0 aromatic carbocycles. The van der Waals surface area contributed by atoms with Gasteiger partial charge in [0.25, 0.3) is 0 Å². The monoisotopic (exact) mass is 1220 g/mol. The molecular weight excluding hydrogens is 1100 g/mol. The second-order valence-electron chi connectivity index (χ2n) is 20.9. The molecule has 484 valence electrons. The van der Waals surface area contributed by atoms with Gasteiger partial charge in [-0.15, -0.1) is 0 Å². The molecule has 2 unspecified atom stereocenters. The molecule has 3 N–H and O–H groups in total. The van der Waals surface area contributed by atoms with E-state index in [0.717, 1.165) is 154 Å². The summed E-state index contributed by atoms with van der Waals surface area (Å²) in [6.07, 6.45) is 109. The second kappa shape index (κ2) is 69.4. The number of carbonyl (C=O) groups excluding carboxylic acids is 2. The van der Waals surface area contributed by atoms with E-state index < -0.39 is 32.5 Å². The molecule has 0 aliphatic heterocycles. The fourth-order valence-electron chi connectivity index (χ4n) is 8.03. The smallest absolute Gasteiger partial charge is 0.462 e. The number of hydrogen-bond acceptors (Lipinski definition) is 8. The highest BCUT2D eigenvalue weighted by molar-refractivity contribution is 7.47. The lowest BCUT2D eigenvalue weighted by Gasteiger charge is -2.19. The Kier molecular flexibility index (Phi) is 64.9. The molecule has 10 heteroatoms. The molecular formula is C77H118NO8P. The zero-order valence-corrected chi connectivity index (χ0v) is 55.0. The molecule has 87 heavy (non-hydrogen) atoms. The lowest BCUT2D eigenvalue weighted by atomic mass is 10.1. The van der Waals surface area contributed by atoms with Crippen LogP contribution in [0, 0.1) is 0 Å². The van der Waals surface area contributed by atoms with Gasteiger partial charge < -0.3 is 20.1 Å². The Bertz CT molecular complexity index is 2220. The van der Waals surface area contributed by atoms with Crippen molar-refractivity contribution in [3.8, 4) is 0 Å². The molecule has 0 heterocycles. The summed E-state index contributed by atoms with van der Waals surface area (Å²) in [5.74, 6) is -0.908. The van der Waals surface area contributed by atoms with Crippen molar-refractivity contribution >= 4 is 19.8 Å². The van der Waals surface area contributed by atoms with Crippen LogP contribution in [0.3, 0.4) is 0 Å². The minimum Gasteiger partial charge on any atom is -0.462 e. The van der Waals surface area contributed by atoms with Gasteiger partial charge in [-0.2, -0.15) is 0 Å². The van der Waals surface area contributed by atoms with Crippen molar-refractivity contribution in [2.45, 2.75) is 225 Å². The third kappa shape index (κ3) is 69.3. The first-order valence-corrected chi connectivity index (χ1v) is 34.7. The molecule has 0 bridgehead atoms. The molecule has 0 aromatic rings. The van der Waals surface area contributed by atoms with E-state index in [0.29, 0.717) is 12.8 Å². The van der Waals surface area contributed by atoms with Crippen LogP contribution in [0.1, 0.15) is 219 Å². The Hall–Kier alpha value is -5.67. The Morgan fingerprint density at radius 3 is 0.908 bits per heavy atom. The number of rotatable bonds is 59. The Morgan fingerprint density at radius 2 is 0.598 bits per heavy atom. The van der Waals surface area contributed by atoms with Crippen LogP contribution in [-0.4, -0.2) is 49.3 Å². The number of esters is 2. The molecule has 0 aliphatic carbocycles. The summed E-state index contributed by atoms with van der Waals surface area (Å²) in [5, 5.41) is 0. The van der Waals surface area contributed by atoms with Gasteiger partial charge in [0.15, 0.2) is 6.10 Å². The molecule has 0 aromatic heterocycles. The fourth-order valence-corrected chi connectivity index (χ4v) is 8.80. The van der Waals surface area contributed by atoms with Crippen LogP contribution < -0.4 is 5.73 Å². The first kappa shape index (κ1) is 81.3. The predicted octanol–water partition coefficient (Wildman–Crippen LogP) is 22.1. The average Bonchev–Trinajstić information content (AvgIpc) is 3.64. The number of carbonyl (C=O) groups is 2. The van der Waals surface area contributed by atoms with E-state index in [-0.39, 0.29) is 32.6 Å². The number of hydrogen-bond donors (Lipinski definition) is 2. The van der Waals surface area contributed by atoms with Crippen LogP contribution in [0.2, 0.25) is 0 Å². The summed E-state index contributed by atoms with van der Waals surface area (Å²) in [7, 11) is -4.42. The molecule has 0 saturated carbocycles. The van der Waals surface area contributed by atoms with E-state index in [1.54, 1.807) is 0 Å².